The van der Waals surface area contributed by atoms with Crippen LogP contribution in [0.15, 0.2) is 84.9 Å². The van der Waals surface area contributed by atoms with Crippen LogP contribution in [0.2, 0.25) is 0 Å². The Morgan fingerprint density at radius 1 is 0.914 bits per heavy atom. The highest BCUT2D eigenvalue weighted by atomic mass is 19.1. The number of hydrogen-bond acceptors (Lipinski definition) is 4. The summed E-state index contributed by atoms with van der Waals surface area (Å²) in [5, 5.41) is 0. The van der Waals surface area contributed by atoms with Gasteiger partial charge in [0.15, 0.2) is 0 Å². The van der Waals surface area contributed by atoms with E-state index in [2.05, 4.69) is 46.2 Å². The molecule has 1 aliphatic heterocycles. The Morgan fingerprint density at radius 2 is 1.54 bits per heavy atom. The van der Waals surface area contributed by atoms with Gasteiger partial charge in [0, 0.05) is 39.4 Å². The fourth-order valence-corrected chi connectivity index (χ4v) is 4.29. The van der Waals surface area contributed by atoms with Crippen LogP contribution in [-0.4, -0.2) is 50.0 Å². The second-order valence-corrected chi connectivity index (χ2v) is 9.02. The monoisotopic (exact) mass is 473 g/mol. The molecule has 1 atom stereocenters. The van der Waals surface area contributed by atoms with Crippen LogP contribution in [0, 0.1) is 5.82 Å². The van der Waals surface area contributed by atoms with Crippen molar-refractivity contribution in [2.45, 2.75) is 19.1 Å². The number of hydrogen-bond donors (Lipinski definition) is 0. The maximum Gasteiger partial charge on any atom is 0.237 e. The first-order valence-electron chi connectivity index (χ1n) is 11.8. The van der Waals surface area contributed by atoms with Crippen molar-refractivity contribution in [3.05, 3.63) is 107 Å². The summed E-state index contributed by atoms with van der Waals surface area (Å²) in [5.41, 5.74) is 4.20. The van der Waals surface area contributed by atoms with Crippen LogP contribution in [0.1, 0.15) is 22.7 Å². The molecule has 0 saturated carbocycles. The molecule has 4 rings (SSSR count). The molecule has 0 saturated heterocycles. The van der Waals surface area contributed by atoms with Crippen LogP contribution in [0.25, 0.3) is 0 Å². The largest absolute Gasteiger partial charge is 0.497 e. The topological polar surface area (TPSA) is 36.0 Å². The first kappa shape index (κ1) is 24.5. The number of halogens is 1. The molecule has 0 spiro atoms. The van der Waals surface area contributed by atoms with Crippen molar-refractivity contribution in [2.24, 2.45) is 0 Å². The lowest BCUT2D eigenvalue weighted by molar-refractivity contribution is -0.135. The highest BCUT2D eigenvalue weighted by Gasteiger charge is 2.27. The van der Waals surface area contributed by atoms with Crippen LogP contribution in [0.3, 0.4) is 0 Å². The van der Waals surface area contributed by atoms with Crippen molar-refractivity contribution >= 4 is 11.6 Å². The van der Waals surface area contributed by atoms with E-state index >= 15 is 0 Å². The Kier molecular flexibility index (Phi) is 7.83. The molecule has 0 aliphatic carbocycles. The summed E-state index contributed by atoms with van der Waals surface area (Å²) in [7, 11) is 5.68. The maximum absolute atomic E-state index is 13.6. The molecule has 182 valence electrons. The maximum atomic E-state index is 13.6. The van der Waals surface area contributed by atoms with E-state index in [1.54, 1.807) is 19.2 Å². The van der Waals surface area contributed by atoms with Gasteiger partial charge < -0.3 is 14.5 Å². The first-order chi connectivity index (χ1) is 16.9. The number of amides is 1. The van der Waals surface area contributed by atoms with Gasteiger partial charge in [-0.15, -0.1) is 0 Å². The quantitative estimate of drug-likeness (QED) is 0.451. The van der Waals surface area contributed by atoms with Gasteiger partial charge in [-0.1, -0.05) is 48.6 Å². The van der Waals surface area contributed by atoms with Crippen molar-refractivity contribution in [3.63, 3.8) is 0 Å². The third kappa shape index (κ3) is 6.28. The summed E-state index contributed by atoms with van der Waals surface area (Å²) in [6.45, 7) is 2.05. The zero-order chi connectivity index (χ0) is 24.8. The van der Waals surface area contributed by atoms with Crippen LogP contribution in [0.4, 0.5) is 10.1 Å². The van der Waals surface area contributed by atoms with Crippen molar-refractivity contribution < 1.29 is 13.9 Å². The molecule has 5 nitrogen and oxygen atoms in total. The Morgan fingerprint density at radius 3 is 2.17 bits per heavy atom. The normalized spacial score (nSPS) is 17.5. The van der Waals surface area contributed by atoms with Crippen LogP contribution in [0.5, 0.6) is 5.75 Å². The van der Waals surface area contributed by atoms with Gasteiger partial charge in [0.05, 0.1) is 19.7 Å². The van der Waals surface area contributed by atoms with Gasteiger partial charge in [-0.25, -0.2) is 4.39 Å². The summed E-state index contributed by atoms with van der Waals surface area (Å²) in [6.07, 6.45) is 4.22. The Bertz CT molecular complexity index is 1140. The molecule has 0 radical (unpaired) electrons. The van der Waals surface area contributed by atoms with E-state index < -0.39 is 0 Å². The average molecular weight is 474 g/mol. The fraction of sp³-hybridized carbons (Fsp3) is 0.276. The van der Waals surface area contributed by atoms with Crippen molar-refractivity contribution in [3.8, 4) is 5.75 Å². The second-order valence-electron chi connectivity index (χ2n) is 9.02. The molecule has 1 heterocycles. The lowest BCUT2D eigenvalue weighted by atomic mass is 10.0. The van der Waals surface area contributed by atoms with E-state index in [-0.39, 0.29) is 17.8 Å². The third-order valence-corrected chi connectivity index (χ3v) is 6.28. The molecule has 3 aromatic rings. The van der Waals surface area contributed by atoms with E-state index in [1.807, 2.05) is 43.3 Å². The first-order valence-corrected chi connectivity index (χ1v) is 11.8. The second kappa shape index (κ2) is 11.2. The van der Waals surface area contributed by atoms with Crippen LogP contribution < -0.4 is 9.64 Å². The number of carbonyl (C=O) groups excluding carboxylic acids is 1. The predicted molar refractivity (Wildman–Crippen MR) is 138 cm³/mol. The summed E-state index contributed by atoms with van der Waals surface area (Å²) in [5.74, 6) is 0.515. The SMILES string of the molecule is COc1ccc([C@H]2/C=C\CN(Cc3ccc(N(C)C)cc3)CC(=O)N2Cc2ccc(F)cc2)cc1. The molecule has 3 aromatic carbocycles. The minimum atomic E-state index is -0.286. The molecule has 0 unspecified atom stereocenters. The third-order valence-electron chi connectivity index (χ3n) is 6.28. The molecule has 1 aliphatic rings. The lowest BCUT2D eigenvalue weighted by Crippen LogP contribution is -2.43. The standard InChI is InChI=1S/C29H32FN3O2/c1-31(2)26-14-8-22(9-15-26)19-32-18-4-5-28(24-10-16-27(35-3)17-11-24)33(29(34)21-32)20-23-6-12-25(30)13-7-23/h4-17,28H,18-21H2,1-3H3/b5-4-/t28-/m1/s1. The lowest BCUT2D eigenvalue weighted by Gasteiger charge is -2.34. The van der Waals surface area contributed by atoms with Crippen molar-refractivity contribution in [1.82, 2.24) is 9.80 Å². The van der Waals surface area contributed by atoms with Crippen molar-refractivity contribution in [2.75, 3.05) is 39.2 Å². The van der Waals surface area contributed by atoms with Gasteiger partial charge in [-0.3, -0.25) is 9.69 Å². The van der Waals surface area contributed by atoms with Gasteiger partial charge in [0.1, 0.15) is 11.6 Å². The average Bonchev–Trinajstić information content (AvgIpc) is 2.86. The number of benzene rings is 3. The summed E-state index contributed by atoms with van der Waals surface area (Å²) >= 11 is 0. The number of carbonyl (C=O) groups is 1. The zero-order valence-corrected chi connectivity index (χ0v) is 20.5. The predicted octanol–water partition coefficient (Wildman–Crippen LogP) is 5.04. The molecule has 0 aromatic heterocycles. The minimum Gasteiger partial charge on any atom is -0.497 e. The number of nitrogens with zero attached hydrogens (tertiary/aromatic N) is 3. The van der Waals surface area contributed by atoms with Gasteiger partial charge in [0.25, 0.3) is 0 Å². The number of rotatable bonds is 7. The number of methoxy groups -OCH3 is 1. The molecule has 1 amide bonds. The van der Waals surface area contributed by atoms with Crippen LogP contribution in [-0.2, 0) is 17.9 Å². The zero-order valence-electron chi connectivity index (χ0n) is 20.5. The van der Waals surface area contributed by atoms with Crippen molar-refractivity contribution in [1.29, 1.82) is 0 Å². The van der Waals surface area contributed by atoms with E-state index in [1.165, 1.54) is 12.1 Å². The molecule has 35 heavy (non-hydrogen) atoms. The Balaban J connectivity index is 1.59. The molecule has 0 bridgehead atoms. The minimum absolute atomic E-state index is 0.0319. The van der Waals surface area contributed by atoms with E-state index in [9.17, 15) is 9.18 Å². The van der Waals surface area contributed by atoms with Crippen LogP contribution >= 0.6 is 0 Å². The summed E-state index contributed by atoms with van der Waals surface area (Å²) < 4.78 is 18.8. The number of ether oxygens (including phenoxy) is 1. The Hall–Kier alpha value is -3.64. The molecule has 0 fully saturated rings. The summed E-state index contributed by atoms with van der Waals surface area (Å²) in [6, 6.07) is 22.3. The smallest absolute Gasteiger partial charge is 0.237 e. The Labute approximate surface area is 207 Å². The molecule has 6 heteroatoms. The van der Waals surface area contributed by atoms with E-state index in [0.717, 1.165) is 28.1 Å². The fourth-order valence-electron chi connectivity index (χ4n) is 4.29. The molecular weight excluding hydrogens is 441 g/mol. The van der Waals surface area contributed by atoms with E-state index in [4.69, 9.17) is 4.74 Å². The molecule has 0 N–H and O–H groups in total. The van der Waals surface area contributed by atoms with Gasteiger partial charge >= 0.3 is 0 Å². The highest BCUT2D eigenvalue weighted by molar-refractivity contribution is 5.79. The molecular formula is C29H32FN3O2. The van der Waals surface area contributed by atoms with Gasteiger partial charge in [0.2, 0.25) is 5.91 Å². The van der Waals surface area contributed by atoms with E-state index in [0.29, 0.717) is 26.2 Å². The number of anilines is 1. The summed E-state index contributed by atoms with van der Waals surface area (Å²) in [4.78, 5) is 19.7. The highest BCUT2D eigenvalue weighted by Crippen LogP contribution is 2.28. The van der Waals surface area contributed by atoms with Gasteiger partial charge in [-0.2, -0.15) is 0 Å². The van der Waals surface area contributed by atoms with Gasteiger partial charge in [-0.05, 0) is 53.1 Å².